The number of amides is 1. The van der Waals surface area contributed by atoms with Gasteiger partial charge in [-0.05, 0) is 43.0 Å². The van der Waals surface area contributed by atoms with Gasteiger partial charge in [-0.2, -0.15) is 4.31 Å². The van der Waals surface area contributed by atoms with Gasteiger partial charge in [-0.3, -0.25) is 9.59 Å². The minimum Gasteiger partial charge on any atom is -0.455 e. The topological polar surface area (TPSA) is 84.0 Å². The molecular formula is C18H26N2O5S2. The van der Waals surface area contributed by atoms with Gasteiger partial charge in [0.1, 0.15) is 4.21 Å². The molecule has 0 saturated carbocycles. The molecule has 0 aliphatic carbocycles. The van der Waals surface area contributed by atoms with Crippen molar-refractivity contribution in [2.75, 3.05) is 32.8 Å². The van der Waals surface area contributed by atoms with Crippen LogP contribution in [-0.4, -0.2) is 62.3 Å². The van der Waals surface area contributed by atoms with Gasteiger partial charge in [-0.25, -0.2) is 8.42 Å². The van der Waals surface area contributed by atoms with Gasteiger partial charge in [0, 0.05) is 26.2 Å². The molecule has 0 radical (unpaired) electrons. The second kappa shape index (κ2) is 8.70. The van der Waals surface area contributed by atoms with Gasteiger partial charge in [0.2, 0.25) is 0 Å². The lowest BCUT2D eigenvalue weighted by Gasteiger charge is -2.31. The normalized spacial score (nSPS) is 22.6. The van der Waals surface area contributed by atoms with Gasteiger partial charge in [0.25, 0.3) is 15.9 Å². The molecule has 2 fully saturated rings. The minimum atomic E-state index is -3.47. The number of esters is 1. The lowest BCUT2D eigenvalue weighted by molar-refractivity contribution is -0.157. The number of nitrogens with zero attached hydrogens (tertiary/aromatic N) is 2. The van der Waals surface area contributed by atoms with Crippen LogP contribution < -0.4 is 0 Å². The Labute approximate surface area is 164 Å². The molecule has 1 atom stereocenters. The van der Waals surface area contributed by atoms with Gasteiger partial charge in [-0.15, -0.1) is 11.3 Å². The third-order valence-electron chi connectivity index (χ3n) is 5.22. The highest BCUT2D eigenvalue weighted by Crippen LogP contribution is 2.27. The summed E-state index contributed by atoms with van der Waals surface area (Å²) in [5.41, 5.74) is 0. The Morgan fingerprint density at radius 3 is 2.59 bits per heavy atom. The number of thiophene rings is 1. The van der Waals surface area contributed by atoms with Gasteiger partial charge < -0.3 is 9.64 Å². The zero-order valence-corrected chi connectivity index (χ0v) is 17.1. The fraction of sp³-hybridized carbons (Fsp3) is 0.667. The SMILES string of the molecule is CC1CCCN(C(=O)COC(=O)C2CCN(S(=O)(=O)c3cccs3)CC2)C1. The molecule has 7 nitrogen and oxygen atoms in total. The van der Waals surface area contributed by atoms with E-state index < -0.39 is 16.0 Å². The Morgan fingerprint density at radius 2 is 1.96 bits per heavy atom. The molecule has 2 aliphatic heterocycles. The Balaban J connectivity index is 1.45. The van der Waals surface area contributed by atoms with E-state index in [0.29, 0.717) is 23.0 Å². The first-order chi connectivity index (χ1) is 12.9. The van der Waals surface area contributed by atoms with E-state index in [4.69, 9.17) is 4.74 Å². The first-order valence-corrected chi connectivity index (χ1v) is 11.7. The number of carbonyl (C=O) groups is 2. The largest absolute Gasteiger partial charge is 0.455 e. The molecule has 0 bridgehead atoms. The molecule has 1 unspecified atom stereocenters. The van der Waals surface area contributed by atoms with Crippen LogP contribution in [0.3, 0.4) is 0 Å². The third-order valence-corrected chi connectivity index (χ3v) is 8.50. The summed E-state index contributed by atoms with van der Waals surface area (Å²) in [6.07, 6.45) is 2.94. The van der Waals surface area contributed by atoms with Crippen molar-refractivity contribution in [3.63, 3.8) is 0 Å². The Bertz CT molecular complexity index is 755. The quantitative estimate of drug-likeness (QED) is 0.688. The molecule has 0 N–H and O–H groups in total. The monoisotopic (exact) mass is 414 g/mol. The number of rotatable bonds is 5. The van der Waals surface area contributed by atoms with Crippen LogP contribution in [0.1, 0.15) is 32.6 Å². The number of likely N-dealkylation sites (tertiary alicyclic amines) is 1. The number of piperidine rings is 2. The summed E-state index contributed by atoms with van der Waals surface area (Å²) < 4.78 is 32.0. The van der Waals surface area contributed by atoms with Crippen LogP contribution in [0.4, 0.5) is 0 Å². The molecule has 1 aromatic rings. The number of hydrogen-bond donors (Lipinski definition) is 0. The van der Waals surface area contributed by atoms with Gasteiger partial charge in [0.05, 0.1) is 5.92 Å². The van der Waals surface area contributed by atoms with E-state index in [0.717, 1.165) is 25.9 Å². The van der Waals surface area contributed by atoms with E-state index in [2.05, 4.69) is 6.92 Å². The van der Waals surface area contributed by atoms with E-state index >= 15 is 0 Å². The Hall–Kier alpha value is -1.45. The van der Waals surface area contributed by atoms with Crippen molar-refractivity contribution in [3.05, 3.63) is 17.5 Å². The van der Waals surface area contributed by atoms with E-state index in [1.54, 1.807) is 22.4 Å². The van der Waals surface area contributed by atoms with Crippen molar-refractivity contribution in [2.45, 2.75) is 36.8 Å². The van der Waals surface area contributed by atoms with E-state index in [1.165, 1.54) is 15.6 Å². The first-order valence-electron chi connectivity index (χ1n) is 9.36. The minimum absolute atomic E-state index is 0.146. The van der Waals surface area contributed by atoms with Crippen LogP contribution in [0.2, 0.25) is 0 Å². The van der Waals surface area contributed by atoms with Crippen molar-refractivity contribution in [1.82, 2.24) is 9.21 Å². The maximum Gasteiger partial charge on any atom is 0.309 e. The average molecular weight is 415 g/mol. The van der Waals surface area contributed by atoms with Crippen LogP contribution in [0.15, 0.2) is 21.7 Å². The summed E-state index contributed by atoms with van der Waals surface area (Å²) in [4.78, 5) is 26.2. The molecule has 0 spiro atoms. The number of sulfonamides is 1. The third kappa shape index (κ3) is 4.89. The van der Waals surface area contributed by atoms with Gasteiger partial charge in [0.15, 0.2) is 6.61 Å². The van der Waals surface area contributed by atoms with Crippen molar-refractivity contribution in [1.29, 1.82) is 0 Å². The molecule has 3 heterocycles. The van der Waals surface area contributed by atoms with Crippen molar-refractivity contribution >= 4 is 33.2 Å². The summed E-state index contributed by atoms with van der Waals surface area (Å²) in [6.45, 7) is 3.91. The zero-order chi connectivity index (χ0) is 19.4. The predicted molar refractivity (Wildman–Crippen MR) is 102 cm³/mol. The van der Waals surface area contributed by atoms with E-state index in [9.17, 15) is 18.0 Å². The molecule has 1 aromatic heterocycles. The second-order valence-electron chi connectivity index (χ2n) is 7.31. The summed E-state index contributed by atoms with van der Waals surface area (Å²) >= 11 is 1.19. The van der Waals surface area contributed by atoms with Crippen molar-refractivity contribution in [2.24, 2.45) is 11.8 Å². The predicted octanol–water partition coefficient (Wildman–Crippen LogP) is 1.95. The fourth-order valence-electron chi connectivity index (χ4n) is 3.63. The summed E-state index contributed by atoms with van der Waals surface area (Å²) in [5.74, 6) is -0.421. The highest BCUT2D eigenvalue weighted by Gasteiger charge is 2.33. The molecule has 27 heavy (non-hydrogen) atoms. The zero-order valence-electron chi connectivity index (χ0n) is 15.5. The Morgan fingerprint density at radius 1 is 1.22 bits per heavy atom. The van der Waals surface area contributed by atoms with Crippen LogP contribution in [0, 0.1) is 11.8 Å². The van der Waals surface area contributed by atoms with Crippen LogP contribution in [-0.2, 0) is 24.3 Å². The molecule has 2 aliphatic rings. The maximum absolute atomic E-state index is 12.5. The van der Waals surface area contributed by atoms with Gasteiger partial charge in [-0.1, -0.05) is 13.0 Å². The van der Waals surface area contributed by atoms with Crippen LogP contribution in [0.25, 0.3) is 0 Å². The second-order valence-corrected chi connectivity index (χ2v) is 10.4. The number of hydrogen-bond acceptors (Lipinski definition) is 6. The molecule has 3 rings (SSSR count). The van der Waals surface area contributed by atoms with Crippen LogP contribution in [0.5, 0.6) is 0 Å². The molecule has 1 amide bonds. The summed E-state index contributed by atoms with van der Waals surface area (Å²) in [7, 11) is -3.47. The molecule has 2 saturated heterocycles. The standard InChI is InChI=1S/C18H26N2O5S2/c1-14-4-2-8-19(12-14)16(21)13-25-18(22)15-6-9-20(10-7-15)27(23,24)17-5-3-11-26-17/h3,5,11,14-15H,2,4,6-10,12-13H2,1H3. The lowest BCUT2D eigenvalue weighted by atomic mass is 9.98. The molecule has 9 heteroatoms. The summed E-state index contributed by atoms with van der Waals surface area (Å²) in [6, 6.07) is 3.30. The average Bonchev–Trinajstić information content (AvgIpc) is 3.21. The molecule has 0 aromatic carbocycles. The highest BCUT2D eigenvalue weighted by atomic mass is 32.2. The summed E-state index contributed by atoms with van der Waals surface area (Å²) in [5, 5.41) is 1.73. The van der Waals surface area contributed by atoms with E-state index in [1.807, 2.05) is 0 Å². The maximum atomic E-state index is 12.5. The number of carbonyl (C=O) groups excluding carboxylic acids is 2. The Kier molecular flexibility index (Phi) is 6.54. The molecular weight excluding hydrogens is 388 g/mol. The van der Waals surface area contributed by atoms with Crippen molar-refractivity contribution in [3.8, 4) is 0 Å². The van der Waals surface area contributed by atoms with E-state index in [-0.39, 0.29) is 31.5 Å². The lowest BCUT2D eigenvalue weighted by Crippen LogP contribution is -2.43. The molecule has 150 valence electrons. The van der Waals surface area contributed by atoms with Crippen molar-refractivity contribution < 1.29 is 22.7 Å². The fourth-order valence-corrected chi connectivity index (χ4v) is 6.24. The van der Waals surface area contributed by atoms with Crippen LogP contribution >= 0.6 is 11.3 Å². The number of ether oxygens (including phenoxy) is 1. The van der Waals surface area contributed by atoms with Gasteiger partial charge >= 0.3 is 5.97 Å². The highest BCUT2D eigenvalue weighted by molar-refractivity contribution is 7.91. The smallest absolute Gasteiger partial charge is 0.309 e. The first kappa shape index (κ1) is 20.3.